The van der Waals surface area contributed by atoms with Crippen LogP contribution >= 0.6 is 0 Å². The third-order valence-electron chi connectivity index (χ3n) is 7.08. The number of hydrogen-bond donors (Lipinski definition) is 1. The van der Waals surface area contributed by atoms with E-state index in [1.165, 1.54) is 24.0 Å². The number of ether oxygens (including phenoxy) is 3. The molecule has 49 heavy (non-hydrogen) atoms. The number of carbonyl (C=O) groups excluding carboxylic acids is 2. The zero-order chi connectivity index (χ0) is 35.7. The maximum Gasteiger partial charge on any atom is 0.511 e. The van der Waals surface area contributed by atoms with Gasteiger partial charge in [0.15, 0.2) is 5.69 Å². The van der Waals surface area contributed by atoms with Crippen molar-refractivity contribution in [3.63, 3.8) is 0 Å². The van der Waals surface area contributed by atoms with Crippen molar-refractivity contribution < 1.29 is 54.9 Å². The predicted molar refractivity (Wildman–Crippen MR) is 165 cm³/mol. The fourth-order valence-electron chi connectivity index (χ4n) is 4.80. The average Bonchev–Trinajstić information content (AvgIpc) is 3.36. The van der Waals surface area contributed by atoms with Crippen molar-refractivity contribution in [2.24, 2.45) is 0 Å². The van der Waals surface area contributed by atoms with E-state index in [0.29, 0.717) is 24.9 Å². The van der Waals surface area contributed by atoms with E-state index in [1.54, 1.807) is 50.0 Å². The zero-order valence-electron chi connectivity index (χ0n) is 27.1. The second kappa shape index (κ2) is 13.4. The Hall–Kier alpha value is -5.07. The summed E-state index contributed by atoms with van der Waals surface area (Å²) in [5, 5.41) is 6.35. The number of amides is 1. The number of alkyl halides is 3. The number of nitrogens with one attached hydrogen (secondary N) is 1. The average molecular weight is 713 g/mol. The minimum atomic E-state index is -4.71. The molecule has 2 atom stereocenters. The maximum atomic E-state index is 13.5. The number of rotatable bonds is 10. The summed E-state index contributed by atoms with van der Waals surface area (Å²) >= 11 is 0. The Kier molecular flexibility index (Phi) is 9.67. The first kappa shape index (κ1) is 35.2. The number of nitrogens with zero attached hydrogens (tertiary/aromatic N) is 5. The van der Waals surface area contributed by atoms with E-state index >= 15 is 0 Å². The van der Waals surface area contributed by atoms with Gasteiger partial charge in [0.1, 0.15) is 17.2 Å². The molecule has 1 fully saturated rings. The van der Waals surface area contributed by atoms with Crippen molar-refractivity contribution in [1.29, 1.82) is 0 Å². The molecule has 2 aromatic carbocycles. The van der Waals surface area contributed by atoms with Gasteiger partial charge in [-0.15, -0.1) is 0 Å². The third kappa shape index (κ3) is 8.89. The normalized spacial score (nSPS) is 16.0. The highest BCUT2D eigenvalue weighted by Gasteiger charge is 2.36. The Morgan fingerprint density at radius 2 is 1.76 bits per heavy atom. The van der Waals surface area contributed by atoms with E-state index in [-0.39, 0.29) is 22.9 Å². The van der Waals surface area contributed by atoms with Gasteiger partial charge in [-0.1, -0.05) is 29.8 Å². The lowest BCUT2D eigenvalue weighted by atomic mass is 10.1. The summed E-state index contributed by atoms with van der Waals surface area (Å²) in [5.41, 5.74) is -0.165. The Balaban J connectivity index is 1.18. The zero-order valence-corrected chi connectivity index (χ0v) is 27.9. The number of aromatic nitrogens is 4. The largest absolute Gasteiger partial charge is 0.511 e. The molecule has 1 saturated heterocycles. The first-order chi connectivity index (χ1) is 22.9. The molecule has 15 nitrogen and oxygen atoms in total. The lowest BCUT2D eigenvalue weighted by molar-refractivity contribution is -0.142. The van der Waals surface area contributed by atoms with Crippen LogP contribution in [0.25, 0.3) is 16.9 Å². The Morgan fingerprint density at radius 3 is 2.39 bits per heavy atom. The van der Waals surface area contributed by atoms with Crippen molar-refractivity contribution in [2.45, 2.75) is 76.5 Å². The molecule has 1 amide bonds. The molecule has 0 bridgehead atoms. The molecule has 1 unspecified atom stereocenters. The van der Waals surface area contributed by atoms with Gasteiger partial charge in [-0.05, 0) is 70.9 Å². The number of sulfonamides is 1. The molecule has 1 aliphatic rings. The third-order valence-corrected chi connectivity index (χ3v) is 8.41. The SMILES string of the molecule is Cc1ccc(-c2cc(C(F)(F)F)nn2-c2ccc(S(=O)(=O)NC(=O)OC[C@@H]3CCCN3n3on3OC(C)OC(=O)OC(C)(C)C)cc2)cc1. The van der Waals surface area contributed by atoms with Gasteiger partial charge < -0.3 is 19.0 Å². The number of carbonyl (C=O) groups is 2. The van der Waals surface area contributed by atoms with Gasteiger partial charge in [-0.25, -0.2) is 27.4 Å². The molecule has 0 radical (unpaired) electrons. The summed E-state index contributed by atoms with van der Waals surface area (Å²) in [6, 6.07) is 12.2. The van der Waals surface area contributed by atoms with E-state index in [0.717, 1.165) is 33.5 Å². The van der Waals surface area contributed by atoms with Crippen LogP contribution in [0.3, 0.4) is 0 Å². The minimum Gasteiger partial charge on any atom is -0.447 e. The topological polar surface area (TPSA) is 161 Å². The summed E-state index contributed by atoms with van der Waals surface area (Å²) in [6.45, 7) is 8.64. The fraction of sp³-hybridized carbons (Fsp3) is 0.433. The van der Waals surface area contributed by atoms with E-state index in [2.05, 4.69) is 5.10 Å². The van der Waals surface area contributed by atoms with Crippen molar-refractivity contribution in [3.8, 4) is 16.9 Å². The summed E-state index contributed by atoms with van der Waals surface area (Å²) < 4.78 is 89.9. The molecule has 5 rings (SSSR count). The van der Waals surface area contributed by atoms with Gasteiger partial charge in [-0.2, -0.15) is 22.9 Å². The van der Waals surface area contributed by atoms with Gasteiger partial charge in [0.25, 0.3) is 16.3 Å². The van der Waals surface area contributed by atoms with Crippen molar-refractivity contribution in [2.75, 3.05) is 18.2 Å². The van der Waals surface area contributed by atoms with E-state index in [9.17, 15) is 31.2 Å². The van der Waals surface area contributed by atoms with Crippen LogP contribution in [-0.4, -0.2) is 71.5 Å². The number of halogens is 3. The second-order valence-corrected chi connectivity index (χ2v) is 13.9. The molecule has 0 saturated carbocycles. The molecule has 1 aliphatic heterocycles. The Labute approximate surface area is 278 Å². The lowest BCUT2D eigenvalue weighted by Gasteiger charge is -2.21. The molecule has 0 aliphatic carbocycles. The molecule has 4 aromatic rings. The highest BCUT2D eigenvalue weighted by Crippen LogP contribution is 2.33. The summed E-state index contributed by atoms with van der Waals surface area (Å²) in [4.78, 5) is 30.6. The molecule has 3 heterocycles. The maximum absolute atomic E-state index is 13.5. The van der Waals surface area contributed by atoms with E-state index in [1.807, 2.05) is 11.6 Å². The van der Waals surface area contributed by atoms with E-state index in [4.69, 9.17) is 23.7 Å². The quantitative estimate of drug-likeness (QED) is 0.174. The van der Waals surface area contributed by atoms with Gasteiger partial charge >= 0.3 is 18.4 Å². The summed E-state index contributed by atoms with van der Waals surface area (Å²) in [6.07, 6.45) is -6.66. The second-order valence-electron chi connectivity index (χ2n) is 12.2. The first-order valence-corrected chi connectivity index (χ1v) is 16.5. The smallest absolute Gasteiger partial charge is 0.447 e. The van der Waals surface area contributed by atoms with Gasteiger partial charge in [0.05, 0.1) is 27.3 Å². The molecule has 0 spiro atoms. The van der Waals surface area contributed by atoms with Crippen LogP contribution in [0, 0.1) is 6.92 Å². The van der Waals surface area contributed by atoms with Crippen LogP contribution in [-0.2, 0) is 30.4 Å². The monoisotopic (exact) mass is 712 g/mol. The van der Waals surface area contributed by atoms with Crippen LogP contribution in [0.2, 0.25) is 0 Å². The van der Waals surface area contributed by atoms with Crippen molar-refractivity contribution in [1.82, 2.24) is 24.5 Å². The van der Waals surface area contributed by atoms with Crippen LogP contribution in [0.1, 0.15) is 51.8 Å². The van der Waals surface area contributed by atoms with E-state index < -0.39 is 52.1 Å². The molecule has 2 aromatic heterocycles. The number of benzene rings is 2. The molecule has 19 heteroatoms. The van der Waals surface area contributed by atoms with Gasteiger partial charge in [-0.3, -0.25) is 5.01 Å². The van der Waals surface area contributed by atoms with Crippen LogP contribution in [0.15, 0.2) is 64.1 Å². The summed E-state index contributed by atoms with van der Waals surface area (Å²) in [5.74, 6) is 0. The first-order valence-electron chi connectivity index (χ1n) is 15.1. The van der Waals surface area contributed by atoms with Gasteiger partial charge in [0.2, 0.25) is 0 Å². The summed E-state index contributed by atoms with van der Waals surface area (Å²) in [7, 11) is -4.41. The fourth-order valence-corrected chi connectivity index (χ4v) is 5.69. The number of aryl methyl sites for hydroxylation is 1. The lowest BCUT2D eigenvalue weighted by Crippen LogP contribution is -2.42. The van der Waals surface area contributed by atoms with Crippen molar-refractivity contribution in [3.05, 3.63) is 65.9 Å². The highest BCUT2D eigenvalue weighted by atomic mass is 32.2. The minimum absolute atomic E-state index is 0.150. The highest BCUT2D eigenvalue weighted by molar-refractivity contribution is 7.90. The van der Waals surface area contributed by atoms with Crippen LogP contribution in [0.4, 0.5) is 22.8 Å². The molecule has 266 valence electrons. The van der Waals surface area contributed by atoms with Crippen LogP contribution in [0.5, 0.6) is 0 Å². The molecular formula is C30H35F3N6O9S. The molecular weight excluding hydrogens is 677 g/mol. The molecule has 1 N–H and O–H groups in total. The Bertz CT molecular complexity index is 1870. The standard InChI is InChI=1S/C30H35F3N6O9S/c1-19-8-10-21(11-9-19)25-17-26(30(31,32)33)34-37(25)22-12-14-24(15-13-22)49(42,43)35-27(40)44-18-23-7-6-16-36(23)38-39(48-38)47-20(2)45-28(41)46-29(3,4)5/h8-15,17,20,23H,6-7,16,18H2,1-5H3,(H,35,40)/t20?,23-,38?,39?/m0/s1. The predicted octanol–water partition coefficient (Wildman–Crippen LogP) is 5.00. The van der Waals surface area contributed by atoms with Crippen molar-refractivity contribution >= 4 is 22.3 Å². The van der Waals surface area contributed by atoms with Crippen LogP contribution < -0.4 is 14.6 Å². The Morgan fingerprint density at radius 1 is 1.08 bits per heavy atom. The van der Waals surface area contributed by atoms with Gasteiger partial charge in [0, 0.05) is 19.0 Å². The number of hydrogen-bond acceptors (Lipinski definition) is 11.